The lowest BCUT2D eigenvalue weighted by Crippen LogP contribution is -2.49. The Kier molecular flexibility index (Phi) is 4.05. The monoisotopic (exact) mass is 231 g/mol. The third-order valence-corrected chi connectivity index (χ3v) is 3.62. The number of carbonyl (C=O) groups is 1. The van der Waals surface area contributed by atoms with Gasteiger partial charge in [0.05, 0.1) is 0 Å². The second-order valence-electron chi connectivity index (χ2n) is 5.54. The predicted molar refractivity (Wildman–Crippen MR) is 64.1 cm³/mol. The van der Waals surface area contributed by atoms with Crippen LogP contribution in [0.1, 0.15) is 52.9 Å². The zero-order valence-electron chi connectivity index (χ0n) is 10.0. The molecule has 0 unspecified atom stereocenters. The van der Waals surface area contributed by atoms with Crippen LogP contribution in [0.15, 0.2) is 0 Å². The van der Waals surface area contributed by atoms with Crippen LogP contribution in [-0.4, -0.2) is 17.3 Å². The van der Waals surface area contributed by atoms with Crippen LogP contribution >= 0.6 is 11.6 Å². The average molecular weight is 232 g/mol. The SMILES string of the molecule is CC(C)(CCCl)NC(=O)C1(C)CCCC1. The van der Waals surface area contributed by atoms with Crippen LogP contribution < -0.4 is 5.32 Å². The van der Waals surface area contributed by atoms with E-state index < -0.39 is 0 Å². The molecule has 0 atom stereocenters. The summed E-state index contributed by atoms with van der Waals surface area (Å²) in [5.74, 6) is 0.791. The van der Waals surface area contributed by atoms with Gasteiger partial charge in [-0.2, -0.15) is 0 Å². The minimum atomic E-state index is -0.176. The molecule has 0 bridgehead atoms. The van der Waals surface area contributed by atoms with E-state index in [1.807, 2.05) is 13.8 Å². The van der Waals surface area contributed by atoms with Crippen molar-refractivity contribution in [2.45, 2.75) is 58.4 Å². The summed E-state index contributed by atoms with van der Waals surface area (Å²) in [6.07, 6.45) is 5.22. The zero-order chi connectivity index (χ0) is 11.5. The molecule has 1 fully saturated rings. The number of hydrogen-bond acceptors (Lipinski definition) is 1. The van der Waals surface area contributed by atoms with Gasteiger partial charge in [0.2, 0.25) is 5.91 Å². The molecule has 1 N–H and O–H groups in total. The second kappa shape index (κ2) is 4.73. The number of rotatable bonds is 4. The van der Waals surface area contributed by atoms with E-state index in [9.17, 15) is 4.79 Å². The lowest BCUT2D eigenvalue weighted by molar-refractivity contribution is -0.131. The van der Waals surface area contributed by atoms with E-state index in [0.29, 0.717) is 5.88 Å². The Bertz CT molecular complexity index is 232. The summed E-state index contributed by atoms with van der Waals surface area (Å²) in [5.41, 5.74) is -0.311. The summed E-state index contributed by atoms with van der Waals surface area (Å²) in [6, 6.07) is 0. The molecule has 0 spiro atoms. The third kappa shape index (κ3) is 3.37. The van der Waals surface area contributed by atoms with E-state index in [1.165, 1.54) is 12.8 Å². The fourth-order valence-corrected chi connectivity index (χ4v) is 2.61. The van der Waals surface area contributed by atoms with Crippen LogP contribution in [0.25, 0.3) is 0 Å². The molecule has 0 saturated heterocycles. The molecule has 1 aliphatic carbocycles. The first-order valence-electron chi connectivity index (χ1n) is 5.78. The van der Waals surface area contributed by atoms with Gasteiger partial charge in [0.1, 0.15) is 0 Å². The molecule has 88 valence electrons. The number of hydrogen-bond donors (Lipinski definition) is 1. The number of carbonyl (C=O) groups excluding carboxylic acids is 1. The first-order valence-corrected chi connectivity index (χ1v) is 6.32. The summed E-state index contributed by atoms with van der Waals surface area (Å²) in [4.78, 5) is 12.1. The molecule has 1 rings (SSSR count). The molecule has 0 aromatic heterocycles. The molecule has 1 saturated carbocycles. The van der Waals surface area contributed by atoms with Crippen molar-refractivity contribution in [3.63, 3.8) is 0 Å². The Morgan fingerprint density at radius 3 is 2.40 bits per heavy atom. The van der Waals surface area contributed by atoms with Gasteiger partial charge in [-0.05, 0) is 33.1 Å². The molecule has 15 heavy (non-hydrogen) atoms. The summed E-state index contributed by atoms with van der Waals surface area (Å²) >= 11 is 5.71. The first kappa shape index (κ1) is 12.8. The van der Waals surface area contributed by atoms with Gasteiger partial charge < -0.3 is 5.32 Å². The van der Waals surface area contributed by atoms with Gasteiger partial charge in [-0.25, -0.2) is 0 Å². The second-order valence-corrected chi connectivity index (χ2v) is 5.92. The van der Waals surface area contributed by atoms with Crippen molar-refractivity contribution in [1.82, 2.24) is 5.32 Å². The average Bonchev–Trinajstić information content (AvgIpc) is 2.52. The molecule has 0 aromatic carbocycles. The quantitative estimate of drug-likeness (QED) is 0.741. The topological polar surface area (TPSA) is 29.1 Å². The van der Waals surface area contributed by atoms with Crippen molar-refractivity contribution in [2.24, 2.45) is 5.41 Å². The van der Waals surface area contributed by atoms with Crippen LogP contribution in [0, 0.1) is 5.41 Å². The standard InChI is InChI=1S/C12H22ClNO/c1-11(2,8-9-13)14-10(15)12(3)6-4-5-7-12/h4-9H2,1-3H3,(H,14,15). The molecule has 3 heteroatoms. The van der Waals surface area contributed by atoms with Gasteiger partial charge in [0.15, 0.2) is 0 Å². The molecule has 2 nitrogen and oxygen atoms in total. The van der Waals surface area contributed by atoms with Crippen LogP contribution in [0.5, 0.6) is 0 Å². The van der Waals surface area contributed by atoms with Crippen molar-refractivity contribution < 1.29 is 4.79 Å². The van der Waals surface area contributed by atoms with Crippen molar-refractivity contribution in [3.8, 4) is 0 Å². The molecule has 0 aliphatic heterocycles. The van der Waals surface area contributed by atoms with Gasteiger partial charge in [-0.15, -0.1) is 11.6 Å². The van der Waals surface area contributed by atoms with Gasteiger partial charge in [0, 0.05) is 16.8 Å². The zero-order valence-corrected chi connectivity index (χ0v) is 10.8. The Balaban J connectivity index is 2.54. The first-order chi connectivity index (χ1) is 6.90. The highest BCUT2D eigenvalue weighted by molar-refractivity contribution is 6.17. The number of halogens is 1. The highest BCUT2D eigenvalue weighted by atomic mass is 35.5. The summed E-state index contributed by atoms with van der Waals surface area (Å²) in [5, 5.41) is 3.12. The molecule has 0 aromatic rings. The van der Waals surface area contributed by atoms with Crippen LogP contribution in [0.2, 0.25) is 0 Å². The Hall–Kier alpha value is -0.240. The van der Waals surface area contributed by atoms with Crippen LogP contribution in [-0.2, 0) is 4.79 Å². The third-order valence-electron chi connectivity index (χ3n) is 3.43. The molecule has 0 heterocycles. The molecule has 1 amide bonds. The minimum Gasteiger partial charge on any atom is -0.351 e. The van der Waals surface area contributed by atoms with Gasteiger partial charge in [-0.3, -0.25) is 4.79 Å². The smallest absolute Gasteiger partial charge is 0.226 e. The van der Waals surface area contributed by atoms with Crippen molar-refractivity contribution in [1.29, 1.82) is 0 Å². The lowest BCUT2D eigenvalue weighted by Gasteiger charge is -2.31. The van der Waals surface area contributed by atoms with Crippen molar-refractivity contribution in [2.75, 3.05) is 5.88 Å². The molecular formula is C12H22ClNO. The Morgan fingerprint density at radius 1 is 1.40 bits per heavy atom. The van der Waals surface area contributed by atoms with E-state index >= 15 is 0 Å². The van der Waals surface area contributed by atoms with Gasteiger partial charge in [-0.1, -0.05) is 19.8 Å². The minimum absolute atomic E-state index is 0.135. The predicted octanol–water partition coefficient (Wildman–Crippen LogP) is 3.09. The van der Waals surface area contributed by atoms with Crippen molar-refractivity contribution in [3.05, 3.63) is 0 Å². The summed E-state index contributed by atoms with van der Waals surface area (Å²) in [7, 11) is 0. The highest BCUT2D eigenvalue weighted by Gasteiger charge is 2.38. The summed E-state index contributed by atoms with van der Waals surface area (Å²) in [6.45, 7) is 6.14. The van der Waals surface area contributed by atoms with Gasteiger partial charge >= 0.3 is 0 Å². The number of alkyl halides is 1. The maximum Gasteiger partial charge on any atom is 0.226 e. The fourth-order valence-electron chi connectivity index (χ4n) is 2.14. The normalized spacial score (nSPS) is 20.3. The van der Waals surface area contributed by atoms with Crippen LogP contribution in [0.3, 0.4) is 0 Å². The van der Waals surface area contributed by atoms with E-state index in [0.717, 1.165) is 19.3 Å². The Morgan fingerprint density at radius 2 is 1.93 bits per heavy atom. The van der Waals surface area contributed by atoms with E-state index in [4.69, 9.17) is 11.6 Å². The highest BCUT2D eigenvalue weighted by Crippen LogP contribution is 2.38. The van der Waals surface area contributed by atoms with E-state index in [2.05, 4.69) is 12.2 Å². The lowest BCUT2D eigenvalue weighted by atomic mass is 9.86. The molecule has 0 radical (unpaired) electrons. The van der Waals surface area contributed by atoms with E-state index in [1.54, 1.807) is 0 Å². The van der Waals surface area contributed by atoms with E-state index in [-0.39, 0.29) is 16.9 Å². The number of nitrogens with one attached hydrogen (secondary N) is 1. The molecule has 1 aliphatic rings. The molecular weight excluding hydrogens is 210 g/mol. The van der Waals surface area contributed by atoms with Crippen LogP contribution in [0.4, 0.5) is 0 Å². The van der Waals surface area contributed by atoms with Gasteiger partial charge in [0.25, 0.3) is 0 Å². The Labute approximate surface area is 97.8 Å². The summed E-state index contributed by atoms with van der Waals surface area (Å²) < 4.78 is 0. The number of amides is 1. The fraction of sp³-hybridized carbons (Fsp3) is 0.917. The maximum absolute atomic E-state index is 12.1. The van der Waals surface area contributed by atoms with Crippen molar-refractivity contribution >= 4 is 17.5 Å². The largest absolute Gasteiger partial charge is 0.351 e. The maximum atomic E-state index is 12.1.